The molecule has 0 aliphatic carbocycles. The van der Waals surface area contributed by atoms with Gasteiger partial charge in [0.2, 0.25) is 0 Å². The van der Waals surface area contributed by atoms with Gasteiger partial charge in [0, 0.05) is 16.0 Å². The van der Waals surface area contributed by atoms with Crippen molar-refractivity contribution in [3.05, 3.63) is 75.6 Å². The van der Waals surface area contributed by atoms with Crippen molar-refractivity contribution < 1.29 is 27.9 Å². The Bertz CT molecular complexity index is 968. The molecule has 3 rings (SSSR count). The van der Waals surface area contributed by atoms with Gasteiger partial charge in [0.25, 0.3) is 0 Å². The van der Waals surface area contributed by atoms with Crippen LogP contribution in [0.15, 0.2) is 53.9 Å². The zero-order valence-corrected chi connectivity index (χ0v) is 15.6. The van der Waals surface area contributed by atoms with Gasteiger partial charge in [-0.15, -0.1) is 11.3 Å². The Hall–Kier alpha value is -2.84. The predicted molar refractivity (Wildman–Crippen MR) is 103 cm³/mol. The third-order valence-corrected chi connectivity index (χ3v) is 4.81. The highest BCUT2D eigenvalue weighted by atomic mass is 35.5. The molecule has 0 aliphatic rings. The number of benzene rings is 2. The van der Waals surface area contributed by atoms with Crippen molar-refractivity contribution in [2.75, 3.05) is 5.73 Å². The maximum Gasteiger partial charge on any atom is 0.416 e. The summed E-state index contributed by atoms with van der Waals surface area (Å²) in [5.41, 5.74) is 6.37. The third kappa shape index (κ3) is 5.34. The first kappa shape index (κ1) is 21.5. The molecular formula is C19H13ClF3NO3S. The van der Waals surface area contributed by atoms with E-state index in [4.69, 9.17) is 22.4 Å². The van der Waals surface area contributed by atoms with Crippen LogP contribution in [0.2, 0.25) is 5.02 Å². The molecule has 9 heteroatoms. The SMILES string of the molecule is Nc1csc(-c2ccc(Cl)cc2)c1C(=O)O.O=Cc1ccc(C(F)(F)F)cc1. The zero-order valence-electron chi connectivity index (χ0n) is 14.0. The van der Waals surface area contributed by atoms with Crippen LogP contribution in [0.4, 0.5) is 18.9 Å². The molecule has 0 saturated heterocycles. The number of carboxylic acids is 1. The summed E-state index contributed by atoms with van der Waals surface area (Å²) >= 11 is 7.08. The van der Waals surface area contributed by atoms with Crippen molar-refractivity contribution in [3.63, 3.8) is 0 Å². The Kier molecular flexibility index (Phi) is 6.82. The summed E-state index contributed by atoms with van der Waals surface area (Å²) in [7, 11) is 0. The van der Waals surface area contributed by atoms with E-state index in [1.165, 1.54) is 11.3 Å². The monoisotopic (exact) mass is 427 g/mol. The van der Waals surface area contributed by atoms with Crippen LogP contribution in [-0.2, 0) is 6.18 Å². The highest BCUT2D eigenvalue weighted by Gasteiger charge is 2.29. The van der Waals surface area contributed by atoms with E-state index in [0.29, 0.717) is 21.9 Å². The van der Waals surface area contributed by atoms with Gasteiger partial charge in [-0.1, -0.05) is 35.9 Å². The first-order valence-electron chi connectivity index (χ1n) is 7.62. The Morgan fingerprint density at radius 2 is 1.64 bits per heavy atom. The number of anilines is 1. The quantitative estimate of drug-likeness (QED) is 0.512. The molecular weight excluding hydrogens is 415 g/mol. The van der Waals surface area contributed by atoms with Crippen molar-refractivity contribution in [1.82, 2.24) is 0 Å². The molecule has 0 fully saturated rings. The average molecular weight is 428 g/mol. The smallest absolute Gasteiger partial charge is 0.416 e. The van der Waals surface area contributed by atoms with Crippen LogP contribution >= 0.6 is 22.9 Å². The molecule has 3 N–H and O–H groups in total. The van der Waals surface area contributed by atoms with Crippen molar-refractivity contribution in [2.45, 2.75) is 6.18 Å². The van der Waals surface area contributed by atoms with Crippen LogP contribution in [0.3, 0.4) is 0 Å². The van der Waals surface area contributed by atoms with Gasteiger partial charge in [-0.25, -0.2) is 4.79 Å². The number of thiophene rings is 1. The molecule has 1 aromatic heterocycles. The lowest BCUT2D eigenvalue weighted by Gasteiger charge is -2.04. The molecule has 0 unspecified atom stereocenters. The van der Waals surface area contributed by atoms with Gasteiger partial charge in [0.15, 0.2) is 0 Å². The highest BCUT2D eigenvalue weighted by molar-refractivity contribution is 7.14. The predicted octanol–water partition coefficient (Wildman–Crippen LogP) is 5.87. The third-order valence-electron chi connectivity index (χ3n) is 3.51. The number of aromatic carboxylic acids is 1. The molecule has 0 atom stereocenters. The van der Waals surface area contributed by atoms with E-state index in [2.05, 4.69) is 0 Å². The first-order valence-corrected chi connectivity index (χ1v) is 8.88. The number of alkyl halides is 3. The lowest BCUT2D eigenvalue weighted by molar-refractivity contribution is -0.137. The van der Waals surface area contributed by atoms with E-state index < -0.39 is 17.7 Å². The minimum Gasteiger partial charge on any atom is -0.478 e. The van der Waals surface area contributed by atoms with Crippen LogP contribution in [0, 0.1) is 0 Å². The lowest BCUT2D eigenvalue weighted by Crippen LogP contribution is -2.04. The number of nitrogens with two attached hydrogens (primary N) is 1. The van der Waals surface area contributed by atoms with Crippen molar-refractivity contribution in [3.8, 4) is 10.4 Å². The van der Waals surface area contributed by atoms with Crippen LogP contribution in [0.1, 0.15) is 26.3 Å². The van der Waals surface area contributed by atoms with E-state index in [0.717, 1.165) is 29.8 Å². The second kappa shape index (κ2) is 8.90. The minimum absolute atomic E-state index is 0.160. The lowest BCUT2D eigenvalue weighted by atomic mass is 10.1. The van der Waals surface area contributed by atoms with Crippen LogP contribution in [-0.4, -0.2) is 17.4 Å². The number of halogens is 4. The summed E-state index contributed by atoms with van der Waals surface area (Å²) in [6.45, 7) is 0. The number of rotatable bonds is 3. The van der Waals surface area contributed by atoms with Gasteiger partial charge >= 0.3 is 12.1 Å². The first-order chi connectivity index (χ1) is 13.1. The van der Waals surface area contributed by atoms with E-state index in [1.807, 2.05) is 0 Å². The van der Waals surface area contributed by atoms with Gasteiger partial charge in [0.05, 0.1) is 16.1 Å². The average Bonchev–Trinajstić information content (AvgIpc) is 3.04. The molecule has 146 valence electrons. The van der Waals surface area contributed by atoms with Gasteiger partial charge in [0.1, 0.15) is 11.8 Å². The van der Waals surface area contributed by atoms with Gasteiger partial charge in [-0.05, 0) is 29.8 Å². The molecule has 4 nitrogen and oxygen atoms in total. The fourth-order valence-electron chi connectivity index (χ4n) is 2.16. The molecule has 0 amide bonds. The Labute approximate surface area is 167 Å². The fourth-order valence-corrected chi connectivity index (χ4v) is 3.24. The van der Waals surface area contributed by atoms with Gasteiger partial charge in [-0.2, -0.15) is 13.2 Å². The van der Waals surface area contributed by atoms with Gasteiger partial charge < -0.3 is 10.8 Å². The van der Waals surface area contributed by atoms with E-state index in [-0.39, 0.29) is 11.1 Å². The standard InChI is InChI=1S/C11H8ClNO2S.C8H5F3O/c12-7-3-1-6(2-4-7)10-9(11(14)15)8(13)5-16-10;9-8(10,11)7-3-1-6(5-12)2-4-7/h1-5H,13H2,(H,14,15);1-5H. The summed E-state index contributed by atoms with van der Waals surface area (Å²) in [4.78, 5) is 21.8. The second-order valence-electron chi connectivity index (χ2n) is 5.44. The molecule has 0 saturated carbocycles. The molecule has 3 aromatic rings. The van der Waals surface area contributed by atoms with E-state index in [9.17, 15) is 22.8 Å². The van der Waals surface area contributed by atoms with E-state index >= 15 is 0 Å². The normalized spacial score (nSPS) is 10.7. The number of nitrogen functional groups attached to an aromatic ring is 1. The summed E-state index contributed by atoms with van der Waals surface area (Å²) in [5, 5.41) is 11.3. The maximum atomic E-state index is 11.9. The fraction of sp³-hybridized carbons (Fsp3) is 0.0526. The minimum atomic E-state index is -4.33. The summed E-state index contributed by atoms with van der Waals surface area (Å²) in [6, 6.07) is 11.0. The molecule has 28 heavy (non-hydrogen) atoms. The van der Waals surface area contributed by atoms with Crippen LogP contribution < -0.4 is 5.73 Å². The number of carbonyl (C=O) groups excluding carboxylic acids is 1. The maximum absolute atomic E-state index is 11.9. The molecule has 0 bridgehead atoms. The molecule has 0 aliphatic heterocycles. The number of aldehydes is 1. The molecule has 1 heterocycles. The Balaban J connectivity index is 0.000000209. The van der Waals surface area contributed by atoms with Crippen molar-refractivity contribution in [1.29, 1.82) is 0 Å². The summed E-state index contributed by atoms with van der Waals surface area (Å²) in [6.07, 6.45) is -3.83. The second-order valence-corrected chi connectivity index (χ2v) is 6.76. The summed E-state index contributed by atoms with van der Waals surface area (Å²) in [5.74, 6) is -1.01. The van der Waals surface area contributed by atoms with Crippen LogP contribution in [0.5, 0.6) is 0 Å². The van der Waals surface area contributed by atoms with Crippen molar-refractivity contribution in [2.24, 2.45) is 0 Å². The molecule has 2 aromatic carbocycles. The number of hydrogen-bond donors (Lipinski definition) is 2. The number of carboxylic acid groups (broad SMARTS) is 1. The largest absolute Gasteiger partial charge is 0.478 e. The topological polar surface area (TPSA) is 80.4 Å². The molecule has 0 radical (unpaired) electrons. The Morgan fingerprint density at radius 3 is 2.11 bits per heavy atom. The Morgan fingerprint density at radius 1 is 1.07 bits per heavy atom. The zero-order chi connectivity index (χ0) is 20.9. The molecule has 0 spiro atoms. The number of carbonyl (C=O) groups is 2. The van der Waals surface area contributed by atoms with Gasteiger partial charge in [-0.3, -0.25) is 4.79 Å². The van der Waals surface area contributed by atoms with Crippen molar-refractivity contribution >= 4 is 40.9 Å². The highest BCUT2D eigenvalue weighted by Crippen LogP contribution is 2.34. The summed E-state index contributed by atoms with van der Waals surface area (Å²) < 4.78 is 35.8. The number of hydrogen-bond acceptors (Lipinski definition) is 4. The van der Waals surface area contributed by atoms with Crippen LogP contribution in [0.25, 0.3) is 10.4 Å². The van der Waals surface area contributed by atoms with E-state index in [1.54, 1.807) is 29.6 Å².